The number of hydrogen-bond acceptors (Lipinski definition) is 4. The first-order valence-corrected chi connectivity index (χ1v) is 6.79. The molecule has 1 atom stereocenters. The lowest BCUT2D eigenvalue weighted by atomic mass is 10.0. The molecule has 0 spiro atoms. The summed E-state index contributed by atoms with van der Waals surface area (Å²) in [6.45, 7) is 5.31. The molecule has 0 amide bonds. The maximum Gasteiger partial charge on any atom is 0.0799 e. The molecule has 17 heavy (non-hydrogen) atoms. The highest BCUT2D eigenvalue weighted by atomic mass is 32.1. The molecular weight excluding hydrogens is 232 g/mol. The summed E-state index contributed by atoms with van der Waals surface area (Å²) in [4.78, 5) is 0. The molecule has 0 aromatic carbocycles. The summed E-state index contributed by atoms with van der Waals surface area (Å²) in [6.07, 6.45) is 2.95. The van der Waals surface area contributed by atoms with Crippen LogP contribution in [-0.4, -0.2) is 21.5 Å². The van der Waals surface area contributed by atoms with Gasteiger partial charge < -0.3 is 5.32 Å². The number of thiophene rings is 1. The Morgan fingerprint density at radius 2 is 2.29 bits per heavy atom. The minimum Gasteiger partial charge on any atom is -0.305 e. The first-order chi connectivity index (χ1) is 8.24. The van der Waals surface area contributed by atoms with Crippen molar-refractivity contribution in [3.05, 3.63) is 33.8 Å². The molecule has 4 nitrogen and oxygen atoms in total. The average Bonchev–Trinajstić information content (AvgIpc) is 2.90. The number of hydrogen-bond donors (Lipinski definition) is 1. The van der Waals surface area contributed by atoms with Gasteiger partial charge in [0, 0.05) is 7.05 Å². The highest BCUT2D eigenvalue weighted by molar-refractivity contribution is 7.08. The molecule has 2 heterocycles. The van der Waals surface area contributed by atoms with Crippen LogP contribution in [0.4, 0.5) is 0 Å². The standard InChI is InChI=1S/C12H18N4S/c1-4-5-13-12(10-8-17-7-9(10)2)11-6-14-15-16(11)3/h6-8,12-13H,4-5H2,1-3H3. The van der Waals surface area contributed by atoms with Gasteiger partial charge in [-0.2, -0.15) is 11.3 Å². The van der Waals surface area contributed by atoms with Crippen molar-refractivity contribution >= 4 is 11.3 Å². The molecule has 0 saturated heterocycles. The third kappa shape index (κ3) is 2.56. The Balaban J connectivity index is 2.32. The van der Waals surface area contributed by atoms with Gasteiger partial charge in [0.2, 0.25) is 0 Å². The van der Waals surface area contributed by atoms with Gasteiger partial charge in [-0.25, -0.2) is 0 Å². The van der Waals surface area contributed by atoms with Gasteiger partial charge in [0.15, 0.2) is 0 Å². The first kappa shape index (κ1) is 12.3. The summed E-state index contributed by atoms with van der Waals surface area (Å²) in [7, 11) is 1.94. The topological polar surface area (TPSA) is 42.7 Å². The lowest BCUT2D eigenvalue weighted by molar-refractivity contribution is 0.550. The van der Waals surface area contributed by atoms with Crippen molar-refractivity contribution in [1.29, 1.82) is 0 Å². The zero-order valence-corrected chi connectivity index (χ0v) is 11.3. The number of aryl methyl sites for hydroxylation is 2. The van der Waals surface area contributed by atoms with E-state index >= 15 is 0 Å². The molecule has 0 aliphatic rings. The minimum absolute atomic E-state index is 0.196. The van der Waals surface area contributed by atoms with Crippen LogP contribution in [0.3, 0.4) is 0 Å². The van der Waals surface area contributed by atoms with Crippen molar-refractivity contribution in [3.63, 3.8) is 0 Å². The summed E-state index contributed by atoms with van der Waals surface area (Å²) >= 11 is 1.74. The van der Waals surface area contributed by atoms with E-state index in [1.807, 2.05) is 17.9 Å². The van der Waals surface area contributed by atoms with Gasteiger partial charge in [0.25, 0.3) is 0 Å². The average molecular weight is 250 g/mol. The molecule has 0 aliphatic heterocycles. The van der Waals surface area contributed by atoms with Crippen LogP contribution in [0, 0.1) is 6.92 Å². The van der Waals surface area contributed by atoms with E-state index in [2.05, 4.69) is 40.2 Å². The van der Waals surface area contributed by atoms with E-state index in [-0.39, 0.29) is 6.04 Å². The second kappa shape index (κ2) is 5.42. The van der Waals surface area contributed by atoms with Crippen molar-refractivity contribution < 1.29 is 0 Å². The molecular formula is C12H18N4S. The van der Waals surface area contributed by atoms with Gasteiger partial charge in [-0.3, -0.25) is 4.68 Å². The van der Waals surface area contributed by atoms with Crippen LogP contribution >= 0.6 is 11.3 Å². The Hall–Kier alpha value is -1.20. The summed E-state index contributed by atoms with van der Waals surface area (Å²) in [6, 6.07) is 0.196. The zero-order valence-electron chi connectivity index (χ0n) is 10.5. The van der Waals surface area contributed by atoms with E-state index in [0.29, 0.717) is 0 Å². The number of rotatable bonds is 5. The van der Waals surface area contributed by atoms with Gasteiger partial charge in [-0.15, -0.1) is 5.10 Å². The van der Waals surface area contributed by atoms with Gasteiger partial charge in [0.1, 0.15) is 0 Å². The fraction of sp³-hybridized carbons (Fsp3) is 0.500. The predicted molar refractivity (Wildman–Crippen MR) is 70.2 cm³/mol. The van der Waals surface area contributed by atoms with E-state index in [0.717, 1.165) is 18.7 Å². The van der Waals surface area contributed by atoms with E-state index in [9.17, 15) is 0 Å². The van der Waals surface area contributed by atoms with Gasteiger partial charge >= 0.3 is 0 Å². The fourth-order valence-electron chi connectivity index (χ4n) is 1.89. The Bertz CT molecular complexity index is 434. The molecule has 0 saturated carbocycles. The molecule has 5 heteroatoms. The Kier molecular flexibility index (Phi) is 3.91. The number of aromatic nitrogens is 3. The van der Waals surface area contributed by atoms with Gasteiger partial charge in [-0.05, 0) is 41.8 Å². The quantitative estimate of drug-likeness (QED) is 0.885. The molecule has 1 N–H and O–H groups in total. The second-order valence-corrected chi connectivity index (χ2v) is 4.92. The smallest absolute Gasteiger partial charge is 0.0799 e. The lowest BCUT2D eigenvalue weighted by Crippen LogP contribution is -2.25. The van der Waals surface area contributed by atoms with Crippen molar-refractivity contribution in [2.75, 3.05) is 6.54 Å². The molecule has 0 fully saturated rings. The SMILES string of the molecule is CCCNC(c1cscc1C)c1cnnn1C. The predicted octanol–water partition coefficient (Wildman–Crippen LogP) is 2.27. The summed E-state index contributed by atoms with van der Waals surface area (Å²) in [5.41, 5.74) is 3.76. The molecule has 0 radical (unpaired) electrons. The fourth-order valence-corrected chi connectivity index (χ4v) is 2.76. The first-order valence-electron chi connectivity index (χ1n) is 5.84. The molecule has 0 bridgehead atoms. The van der Waals surface area contributed by atoms with Crippen molar-refractivity contribution in [1.82, 2.24) is 20.3 Å². The molecule has 92 valence electrons. The van der Waals surface area contributed by atoms with Crippen LogP contribution in [0.2, 0.25) is 0 Å². The van der Waals surface area contributed by atoms with E-state index in [4.69, 9.17) is 0 Å². The summed E-state index contributed by atoms with van der Waals surface area (Å²) in [5, 5.41) is 15.9. The van der Waals surface area contributed by atoms with E-state index < -0.39 is 0 Å². The maximum absolute atomic E-state index is 4.02. The Labute approximate surface area is 106 Å². The third-order valence-corrected chi connectivity index (χ3v) is 3.73. The Morgan fingerprint density at radius 1 is 1.47 bits per heavy atom. The van der Waals surface area contributed by atoms with Crippen LogP contribution in [0.5, 0.6) is 0 Å². The van der Waals surface area contributed by atoms with Crippen LogP contribution in [0.25, 0.3) is 0 Å². The van der Waals surface area contributed by atoms with Crippen LogP contribution in [0.15, 0.2) is 17.0 Å². The zero-order chi connectivity index (χ0) is 12.3. The second-order valence-electron chi connectivity index (χ2n) is 4.18. The minimum atomic E-state index is 0.196. The van der Waals surface area contributed by atoms with Gasteiger partial charge in [-0.1, -0.05) is 12.1 Å². The highest BCUT2D eigenvalue weighted by Crippen LogP contribution is 2.26. The van der Waals surface area contributed by atoms with Crippen molar-refractivity contribution in [2.45, 2.75) is 26.3 Å². The lowest BCUT2D eigenvalue weighted by Gasteiger charge is -2.18. The Morgan fingerprint density at radius 3 is 2.82 bits per heavy atom. The van der Waals surface area contributed by atoms with Crippen LogP contribution in [-0.2, 0) is 7.05 Å². The third-order valence-electron chi connectivity index (χ3n) is 2.85. The maximum atomic E-state index is 4.02. The molecule has 0 aliphatic carbocycles. The normalized spacial score (nSPS) is 12.9. The highest BCUT2D eigenvalue weighted by Gasteiger charge is 2.19. The molecule has 2 aromatic heterocycles. The molecule has 1 unspecified atom stereocenters. The molecule has 2 rings (SSSR count). The van der Waals surface area contributed by atoms with Crippen LogP contribution < -0.4 is 5.32 Å². The number of nitrogens with zero attached hydrogens (tertiary/aromatic N) is 3. The van der Waals surface area contributed by atoms with Gasteiger partial charge in [0.05, 0.1) is 17.9 Å². The van der Waals surface area contributed by atoms with Crippen molar-refractivity contribution in [3.8, 4) is 0 Å². The van der Waals surface area contributed by atoms with Crippen molar-refractivity contribution in [2.24, 2.45) is 7.05 Å². The molecule has 2 aromatic rings. The largest absolute Gasteiger partial charge is 0.305 e. The monoisotopic (exact) mass is 250 g/mol. The van der Waals surface area contributed by atoms with E-state index in [1.165, 1.54) is 11.1 Å². The number of nitrogens with one attached hydrogen (secondary N) is 1. The summed E-state index contributed by atoms with van der Waals surface area (Å²) in [5.74, 6) is 0. The van der Waals surface area contributed by atoms with E-state index in [1.54, 1.807) is 11.3 Å². The summed E-state index contributed by atoms with van der Waals surface area (Å²) < 4.78 is 1.84. The van der Waals surface area contributed by atoms with Crippen LogP contribution in [0.1, 0.15) is 36.2 Å².